The molecule has 4 amide bonds. The fourth-order valence-electron chi connectivity index (χ4n) is 5.49. The van der Waals surface area contributed by atoms with Crippen LogP contribution in [0, 0.1) is 0 Å². The van der Waals surface area contributed by atoms with Crippen molar-refractivity contribution in [2.75, 3.05) is 6.61 Å². The van der Waals surface area contributed by atoms with E-state index in [-0.39, 0.29) is 32.3 Å². The Hall–Kier alpha value is -5.01. The number of fused-ring (bicyclic) bond motifs is 16. The first-order valence-corrected chi connectivity index (χ1v) is 17.8. The highest BCUT2D eigenvalue weighted by Crippen LogP contribution is 2.17. The average molecular weight is 762 g/mol. The van der Waals surface area contributed by atoms with Gasteiger partial charge in [-0.2, -0.15) is 0 Å². The summed E-state index contributed by atoms with van der Waals surface area (Å²) >= 11 is 4.84. The molecule has 0 aliphatic carbocycles. The number of carboxylic acid groups (broad SMARTS) is 1. The Morgan fingerprint density at radius 3 is 2.06 bits per heavy atom. The van der Waals surface area contributed by atoms with Crippen LogP contribution in [0.2, 0.25) is 0 Å². The second-order valence-corrected chi connectivity index (χ2v) is 13.9. The summed E-state index contributed by atoms with van der Waals surface area (Å²) in [6, 6.07) is 22.2. The second kappa shape index (κ2) is 17.6. The Bertz CT molecular complexity index is 1770. The molecule has 0 saturated heterocycles. The summed E-state index contributed by atoms with van der Waals surface area (Å²) in [5.41, 5.74) is 2.27. The normalized spacial score (nSPS) is 20.6. The molecule has 3 aromatic carbocycles. The molecule has 3 heterocycles. The van der Waals surface area contributed by atoms with Gasteiger partial charge in [-0.3, -0.25) is 19.2 Å². The standard InChI is InChI=1S/C37H37BrN4O7S/c38-26-13-8-24(9-14-26)19-30-35(45)40-29(17-12-23-5-2-1-3-6-23)34(44)42-32(37(47)48)20-25-10-15-27(16-11-25)49-22-33(43)39-31(36(46)41-30)21-28-7-4-18-50-28/h1-11,13-16,18,29-32H,12,17,19-22H2,(H,39,43)(H,40,45)(H,41,46)(H,42,44)(H,47,48)/t29-,30+,31-,32+/m1/s1. The first-order chi connectivity index (χ1) is 24.1. The number of halogens is 1. The van der Waals surface area contributed by atoms with E-state index in [1.165, 1.54) is 11.3 Å². The van der Waals surface area contributed by atoms with E-state index in [1.807, 2.05) is 72.1 Å². The molecule has 6 rings (SSSR count). The quantitative estimate of drug-likeness (QED) is 0.172. The zero-order valence-electron chi connectivity index (χ0n) is 27.0. The van der Waals surface area contributed by atoms with Crippen molar-refractivity contribution in [1.82, 2.24) is 21.3 Å². The zero-order valence-corrected chi connectivity index (χ0v) is 29.4. The van der Waals surface area contributed by atoms with Gasteiger partial charge in [0.25, 0.3) is 5.91 Å². The van der Waals surface area contributed by atoms with Gasteiger partial charge in [0.2, 0.25) is 17.7 Å². The predicted molar refractivity (Wildman–Crippen MR) is 192 cm³/mol. The molecule has 4 atom stereocenters. The molecule has 0 fully saturated rings. The van der Waals surface area contributed by atoms with Crippen molar-refractivity contribution < 1.29 is 33.8 Å². The first kappa shape index (κ1) is 36.3. The maximum absolute atomic E-state index is 14.1. The molecule has 1 aromatic heterocycles. The summed E-state index contributed by atoms with van der Waals surface area (Å²) in [5, 5.41) is 22.9. The molecule has 11 nitrogen and oxygen atoms in total. The number of nitrogens with one attached hydrogen (secondary N) is 4. The lowest BCUT2D eigenvalue weighted by molar-refractivity contribution is -0.142. The summed E-state index contributed by atoms with van der Waals surface area (Å²) in [6.07, 6.45) is 0.794. The van der Waals surface area contributed by atoms with Gasteiger partial charge in [-0.15, -0.1) is 11.3 Å². The van der Waals surface area contributed by atoms with Gasteiger partial charge in [-0.25, -0.2) is 4.79 Å². The van der Waals surface area contributed by atoms with E-state index < -0.39 is 53.8 Å². The van der Waals surface area contributed by atoms with E-state index in [2.05, 4.69) is 37.2 Å². The minimum atomic E-state index is -1.30. The maximum atomic E-state index is 14.1. The molecule has 4 aromatic rings. The molecule has 0 spiro atoms. The Morgan fingerprint density at radius 1 is 0.740 bits per heavy atom. The van der Waals surface area contributed by atoms with E-state index in [4.69, 9.17) is 4.74 Å². The number of carbonyl (C=O) groups is 5. The monoisotopic (exact) mass is 760 g/mol. The van der Waals surface area contributed by atoms with Gasteiger partial charge >= 0.3 is 5.97 Å². The van der Waals surface area contributed by atoms with Crippen LogP contribution in [0.4, 0.5) is 0 Å². The lowest BCUT2D eigenvalue weighted by Crippen LogP contribution is -2.58. The van der Waals surface area contributed by atoms with E-state index in [9.17, 15) is 29.1 Å². The number of rotatable bonds is 8. The molecule has 5 N–H and O–H groups in total. The number of amides is 4. The molecule has 260 valence electrons. The Kier molecular flexibility index (Phi) is 12.8. The van der Waals surface area contributed by atoms with Crippen molar-refractivity contribution in [3.05, 3.63) is 122 Å². The maximum Gasteiger partial charge on any atom is 0.326 e. The summed E-state index contributed by atoms with van der Waals surface area (Å²) in [6.45, 7) is -0.382. The Balaban J connectivity index is 1.48. The highest BCUT2D eigenvalue weighted by Gasteiger charge is 2.32. The number of hydrogen-bond donors (Lipinski definition) is 5. The van der Waals surface area contributed by atoms with Gasteiger partial charge in [0, 0.05) is 28.6 Å². The summed E-state index contributed by atoms with van der Waals surface area (Å²) in [7, 11) is 0. The van der Waals surface area contributed by atoms with Gasteiger partial charge in [-0.1, -0.05) is 76.6 Å². The predicted octanol–water partition coefficient (Wildman–Crippen LogP) is 3.59. The van der Waals surface area contributed by atoms with Gasteiger partial charge in [0.05, 0.1) is 0 Å². The fraction of sp³-hybridized carbons (Fsp3) is 0.270. The highest BCUT2D eigenvalue weighted by molar-refractivity contribution is 9.10. The van der Waals surface area contributed by atoms with Gasteiger partial charge in [-0.05, 0) is 65.2 Å². The largest absolute Gasteiger partial charge is 0.484 e. The second-order valence-electron chi connectivity index (χ2n) is 11.9. The average Bonchev–Trinajstić information content (AvgIpc) is 3.63. The topological polar surface area (TPSA) is 163 Å². The number of carboxylic acids is 1. The van der Waals surface area contributed by atoms with Crippen molar-refractivity contribution in [2.24, 2.45) is 0 Å². The third-order valence-electron chi connectivity index (χ3n) is 8.17. The third kappa shape index (κ3) is 10.7. The number of ether oxygens (including phenoxy) is 1. The van der Waals surface area contributed by atoms with E-state index >= 15 is 0 Å². The lowest BCUT2D eigenvalue weighted by atomic mass is 10.0. The van der Waals surface area contributed by atoms with Gasteiger partial charge in [0.1, 0.15) is 29.9 Å². The van der Waals surface area contributed by atoms with Crippen LogP contribution in [0.25, 0.3) is 0 Å². The number of hydrogen-bond acceptors (Lipinski definition) is 7. The molecule has 50 heavy (non-hydrogen) atoms. The Labute approximate surface area is 301 Å². The molecule has 2 aliphatic rings. The Morgan fingerprint density at radius 2 is 1.40 bits per heavy atom. The molecule has 2 aliphatic heterocycles. The summed E-state index contributed by atoms with van der Waals surface area (Å²) in [5.74, 6) is -3.33. The summed E-state index contributed by atoms with van der Waals surface area (Å²) < 4.78 is 6.49. The lowest BCUT2D eigenvalue weighted by Gasteiger charge is -2.26. The number of aryl methyl sites for hydroxylation is 1. The fourth-order valence-corrected chi connectivity index (χ4v) is 6.50. The van der Waals surface area contributed by atoms with E-state index in [0.717, 1.165) is 20.5 Å². The van der Waals surface area contributed by atoms with E-state index in [0.29, 0.717) is 17.7 Å². The SMILES string of the molecule is O=C1COc2ccc(cc2)C[C@@H](C(=O)O)NC(=O)[C@@H](CCc2ccccc2)NC(=O)[C@H](Cc2ccc(Br)cc2)NC(=O)[C@@H](Cc2cccs2)N1. The van der Waals surface area contributed by atoms with Crippen molar-refractivity contribution >= 4 is 56.9 Å². The van der Waals surface area contributed by atoms with Crippen molar-refractivity contribution in [1.29, 1.82) is 0 Å². The summed E-state index contributed by atoms with van der Waals surface area (Å²) in [4.78, 5) is 68.0. The van der Waals surface area contributed by atoms with Crippen LogP contribution in [0.15, 0.2) is 101 Å². The van der Waals surface area contributed by atoms with Crippen molar-refractivity contribution in [3.8, 4) is 5.75 Å². The molecule has 0 unspecified atom stereocenters. The molecule has 2 bridgehead atoms. The third-order valence-corrected chi connectivity index (χ3v) is 9.60. The van der Waals surface area contributed by atoms with Crippen LogP contribution < -0.4 is 26.0 Å². The molecular formula is C37H37BrN4O7S. The van der Waals surface area contributed by atoms with Crippen molar-refractivity contribution in [3.63, 3.8) is 0 Å². The minimum absolute atomic E-state index is 0.0339. The molecule has 0 radical (unpaired) electrons. The molecule has 13 heteroatoms. The number of carbonyl (C=O) groups excluding carboxylic acids is 4. The van der Waals surface area contributed by atoms with Crippen LogP contribution >= 0.6 is 27.3 Å². The smallest absolute Gasteiger partial charge is 0.326 e. The molecular weight excluding hydrogens is 724 g/mol. The van der Waals surface area contributed by atoms with Crippen LogP contribution in [-0.4, -0.2) is 65.5 Å². The van der Waals surface area contributed by atoms with Crippen LogP contribution in [-0.2, 0) is 49.7 Å². The zero-order chi connectivity index (χ0) is 35.5. The van der Waals surface area contributed by atoms with Crippen LogP contribution in [0.3, 0.4) is 0 Å². The van der Waals surface area contributed by atoms with Crippen LogP contribution in [0.5, 0.6) is 5.75 Å². The van der Waals surface area contributed by atoms with Crippen molar-refractivity contribution in [2.45, 2.75) is 56.3 Å². The number of benzene rings is 3. The number of aliphatic carboxylic acids is 1. The molecule has 0 saturated carbocycles. The van der Waals surface area contributed by atoms with Gasteiger partial charge < -0.3 is 31.1 Å². The number of thiophene rings is 1. The van der Waals surface area contributed by atoms with Crippen LogP contribution in [0.1, 0.15) is 28.0 Å². The van der Waals surface area contributed by atoms with Gasteiger partial charge in [0.15, 0.2) is 6.61 Å². The highest BCUT2D eigenvalue weighted by atomic mass is 79.9. The van der Waals surface area contributed by atoms with E-state index in [1.54, 1.807) is 24.3 Å². The minimum Gasteiger partial charge on any atom is -0.484 e. The first-order valence-electron chi connectivity index (χ1n) is 16.1.